The molecule has 9 heteroatoms. The number of aromatic carboxylic acids is 1. The number of rotatable bonds is 5. The van der Waals surface area contributed by atoms with Gasteiger partial charge >= 0.3 is 0 Å². The summed E-state index contributed by atoms with van der Waals surface area (Å²) in [4.78, 5) is 23.4. The first-order chi connectivity index (χ1) is 12.4. The number of hydrogen-bond acceptors (Lipinski definition) is 6. The van der Waals surface area contributed by atoms with Crippen molar-refractivity contribution in [3.05, 3.63) is 46.2 Å². The molecule has 2 heterocycles. The highest BCUT2D eigenvalue weighted by Gasteiger charge is 2.27. The molecule has 26 heavy (non-hydrogen) atoms. The lowest BCUT2D eigenvalue weighted by Crippen LogP contribution is -2.35. The molecule has 138 valence electrons. The Morgan fingerprint density at radius 2 is 1.73 bits per heavy atom. The second-order valence-electron chi connectivity index (χ2n) is 5.93. The maximum atomic E-state index is 12.6. The number of anilines is 1. The van der Waals surface area contributed by atoms with E-state index in [1.807, 2.05) is 0 Å². The molecular weight excluding hydrogens is 376 g/mol. The fourth-order valence-corrected chi connectivity index (χ4v) is 5.38. The number of carboxylic acid groups (broad SMARTS) is 1. The zero-order valence-corrected chi connectivity index (χ0v) is 15.4. The molecular formula is C17H17N2O5S2-. The van der Waals surface area contributed by atoms with Crippen LogP contribution in [0.15, 0.2) is 40.6 Å². The molecule has 0 aliphatic carbocycles. The standard InChI is InChI=1S/C17H18N2O5S2/c20-16(18-13-6-4-12(5-7-13)17(21)22)15-10-14(11-25-15)26(23,24)19-8-2-1-3-9-19/h4-7,10-11H,1-3,8-9H2,(H,18,20)(H,21,22)/p-1. The van der Waals surface area contributed by atoms with E-state index in [1.54, 1.807) is 0 Å². The zero-order valence-electron chi connectivity index (χ0n) is 13.8. The van der Waals surface area contributed by atoms with Crippen LogP contribution < -0.4 is 10.4 Å². The minimum Gasteiger partial charge on any atom is -0.545 e. The number of piperidine rings is 1. The molecule has 1 N–H and O–H groups in total. The molecule has 1 saturated heterocycles. The van der Waals surface area contributed by atoms with Gasteiger partial charge < -0.3 is 15.2 Å². The summed E-state index contributed by atoms with van der Waals surface area (Å²) in [5.41, 5.74) is 0.419. The van der Waals surface area contributed by atoms with Crippen LogP contribution in [0.25, 0.3) is 0 Å². The molecule has 7 nitrogen and oxygen atoms in total. The van der Waals surface area contributed by atoms with Gasteiger partial charge in [-0.15, -0.1) is 11.3 Å². The molecule has 1 aromatic carbocycles. The molecule has 0 unspecified atom stereocenters. The monoisotopic (exact) mass is 393 g/mol. The van der Waals surface area contributed by atoms with Crippen LogP contribution >= 0.6 is 11.3 Å². The van der Waals surface area contributed by atoms with Crippen LogP contribution in [-0.2, 0) is 10.0 Å². The third-order valence-corrected chi connectivity index (χ3v) is 7.09. The van der Waals surface area contributed by atoms with Crippen molar-refractivity contribution in [3.8, 4) is 0 Å². The van der Waals surface area contributed by atoms with Gasteiger partial charge in [0.1, 0.15) is 0 Å². The highest BCUT2D eigenvalue weighted by Crippen LogP contribution is 2.25. The number of nitrogens with one attached hydrogen (secondary N) is 1. The van der Waals surface area contributed by atoms with Crippen LogP contribution in [0.3, 0.4) is 0 Å². The molecule has 0 spiro atoms. The summed E-state index contributed by atoms with van der Waals surface area (Å²) in [6, 6.07) is 6.92. The Morgan fingerprint density at radius 1 is 1.08 bits per heavy atom. The normalized spacial score (nSPS) is 15.5. The van der Waals surface area contributed by atoms with Crippen molar-refractivity contribution in [2.75, 3.05) is 18.4 Å². The van der Waals surface area contributed by atoms with Gasteiger partial charge in [-0.1, -0.05) is 18.6 Å². The summed E-state index contributed by atoms with van der Waals surface area (Å²) < 4.78 is 26.7. The number of hydrogen-bond donors (Lipinski definition) is 1. The predicted octanol–water partition coefficient (Wildman–Crippen LogP) is 1.54. The highest BCUT2D eigenvalue weighted by molar-refractivity contribution is 7.89. The van der Waals surface area contributed by atoms with E-state index in [4.69, 9.17) is 0 Å². The molecule has 1 fully saturated rings. The van der Waals surface area contributed by atoms with Crippen molar-refractivity contribution in [1.82, 2.24) is 4.31 Å². The third kappa shape index (κ3) is 3.95. The molecule has 1 aliphatic rings. The Balaban J connectivity index is 1.72. The van der Waals surface area contributed by atoms with Gasteiger partial charge in [0.15, 0.2) is 0 Å². The first kappa shape index (κ1) is 18.6. The van der Waals surface area contributed by atoms with Gasteiger partial charge in [0.2, 0.25) is 10.0 Å². The second kappa shape index (κ2) is 7.56. The fraction of sp³-hybridized carbons (Fsp3) is 0.294. The first-order valence-electron chi connectivity index (χ1n) is 8.09. The Hall–Kier alpha value is -2.23. The Labute approximate surface area is 155 Å². The van der Waals surface area contributed by atoms with Crippen molar-refractivity contribution in [2.24, 2.45) is 0 Å². The molecule has 0 bridgehead atoms. The quantitative estimate of drug-likeness (QED) is 0.829. The van der Waals surface area contributed by atoms with Gasteiger partial charge in [-0.2, -0.15) is 4.31 Å². The van der Waals surface area contributed by atoms with E-state index in [2.05, 4.69) is 5.32 Å². The lowest BCUT2D eigenvalue weighted by Gasteiger charge is -2.25. The molecule has 1 amide bonds. The van der Waals surface area contributed by atoms with Gasteiger partial charge in [0, 0.05) is 24.2 Å². The number of sulfonamides is 1. The lowest BCUT2D eigenvalue weighted by molar-refractivity contribution is -0.255. The summed E-state index contributed by atoms with van der Waals surface area (Å²) in [5, 5.41) is 14.8. The van der Waals surface area contributed by atoms with Crippen LogP contribution in [0.1, 0.15) is 39.3 Å². The zero-order chi connectivity index (χ0) is 18.7. The van der Waals surface area contributed by atoms with Gasteiger partial charge in [-0.3, -0.25) is 4.79 Å². The number of benzene rings is 1. The maximum absolute atomic E-state index is 12.6. The third-order valence-electron chi connectivity index (χ3n) is 4.13. The molecule has 0 radical (unpaired) electrons. The van der Waals surface area contributed by atoms with Crippen molar-refractivity contribution in [2.45, 2.75) is 24.2 Å². The van der Waals surface area contributed by atoms with Crippen molar-refractivity contribution in [1.29, 1.82) is 0 Å². The van der Waals surface area contributed by atoms with Gasteiger partial charge in [0.25, 0.3) is 5.91 Å². The summed E-state index contributed by atoms with van der Waals surface area (Å²) in [5.74, 6) is -1.75. The largest absolute Gasteiger partial charge is 0.545 e. The van der Waals surface area contributed by atoms with Gasteiger partial charge in [0.05, 0.1) is 15.7 Å². The first-order valence-corrected chi connectivity index (χ1v) is 10.4. The molecule has 1 aliphatic heterocycles. The summed E-state index contributed by atoms with van der Waals surface area (Å²) in [6.07, 6.45) is 2.72. The summed E-state index contributed by atoms with van der Waals surface area (Å²) in [6.45, 7) is 1.01. The van der Waals surface area contributed by atoms with E-state index in [9.17, 15) is 23.1 Å². The average molecular weight is 393 g/mol. The molecule has 1 aromatic heterocycles. The Morgan fingerprint density at radius 3 is 2.35 bits per heavy atom. The van der Waals surface area contributed by atoms with E-state index in [0.717, 1.165) is 30.6 Å². The van der Waals surface area contributed by atoms with E-state index in [-0.39, 0.29) is 15.3 Å². The number of nitrogens with zero attached hydrogens (tertiary/aromatic N) is 1. The van der Waals surface area contributed by atoms with Gasteiger partial charge in [-0.25, -0.2) is 8.42 Å². The second-order valence-corrected chi connectivity index (χ2v) is 8.78. The maximum Gasteiger partial charge on any atom is 0.265 e. The molecule has 0 atom stereocenters. The lowest BCUT2D eigenvalue weighted by atomic mass is 10.2. The molecule has 0 saturated carbocycles. The molecule has 2 aromatic rings. The minimum atomic E-state index is -3.57. The number of thiophene rings is 1. The van der Waals surface area contributed by atoms with Crippen LogP contribution in [0.2, 0.25) is 0 Å². The van der Waals surface area contributed by atoms with Crippen LogP contribution in [-0.4, -0.2) is 37.7 Å². The Kier molecular flexibility index (Phi) is 5.40. The summed E-state index contributed by atoms with van der Waals surface area (Å²) >= 11 is 1.05. The smallest absolute Gasteiger partial charge is 0.265 e. The van der Waals surface area contributed by atoms with E-state index < -0.39 is 21.9 Å². The SMILES string of the molecule is O=C([O-])c1ccc(NC(=O)c2cc(S(=O)(=O)N3CCCCC3)cs2)cc1. The van der Waals surface area contributed by atoms with Crippen molar-refractivity contribution < 1.29 is 23.1 Å². The molecule has 3 rings (SSSR count). The topological polar surface area (TPSA) is 107 Å². The van der Waals surface area contributed by atoms with Crippen LogP contribution in [0, 0.1) is 0 Å². The van der Waals surface area contributed by atoms with E-state index >= 15 is 0 Å². The minimum absolute atomic E-state index is 0.00836. The average Bonchev–Trinajstić information content (AvgIpc) is 3.14. The Bertz CT molecular complexity index is 913. The van der Waals surface area contributed by atoms with Crippen LogP contribution in [0.5, 0.6) is 0 Å². The number of carboxylic acids is 1. The summed E-state index contributed by atoms with van der Waals surface area (Å²) in [7, 11) is -3.57. The number of carbonyl (C=O) groups is 2. The van der Waals surface area contributed by atoms with Crippen molar-refractivity contribution in [3.63, 3.8) is 0 Å². The number of amides is 1. The number of carbonyl (C=O) groups excluding carboxylic acids is 2. The van der Waals surface area contributed by atoms with Crippen LogP contribution in [0.4, 0.5) is 5.69 Å². The van der Waals surface area contributed by atoms with E-state index in [1.165, 1.54) is 40.0 Å². The van der Waals surface area contributed by atoms with Gasteiger partial charge in [-0.05, 0) is 36.6 Å². The van der Waals surface area contributed by atoms with E-state index in [0.29, 0.717) is 18.8 Å². The fourth-order valence-electron chi connectivity index (χ4n) is 2.71. The predicted molar refractivity (Wildman–Crippen MR) is 95.7 cm³/mol. The highest BCUT2D eigenvalue weighted by atomic mass is 32.2. The van der Waals surface area contributed by atoms with Crippen molar-refractivity contribution >= 4 is 38.9 Å².